The van der Waals surface area contributed by atoms with Crippen molar-refractivity contribution in [3.8, 4) is 0 Å². The Morgan fingerprint density at radius 1 is 1.19 bits per heavy atom. The smallest absolute Gasteiger partial charge is 0.341 e. The average molecular weight is 289 g/mol. The molecule has 112 valence electrons. The van der Waals surface area contributed by atoms with Crippen LogP contribution in [0.3, 0.4) is 0 Å². The number of rotatable bonds is 7. The molecule has 0 saturated heterocycles. The fourth-order valence-electron chi connectivity index (χ4n) is 2.04. The molecule has 0 radical (unpaired) electrons. The van der Waals surface area contributed by atoms with E-state index in [-0.39, 0.29) is 0 Å². The number of benzene rings is 1. The molecule has 0 bridgehead atoms. The fourth-order valence-corrected chi connectivity index (χ4v) is 2.04. The van der Waals surface area contributed by atoms with Gasteiger partial charge in [0.15, 0.2) is 0 Å². The third kappa shape index (κ3) is 4.18. The number of carbonyl (C=O) groups excluding carboxylic acids is 1. The zero-order chi connectivity index (χ0) is 15.1. The van der Waals surface area contributed by atoms with Crippen LogP contribution in [0.4, 0.5) is 0 Å². The van der Waals surface area contributed by atoms with Crippen molar-refractivity contribution in [2.45, 2.75) is 19.7 Å². The van der Waals surface area contributed by atoms with Gasteiger partial charge in [0, 0.05) is 13.7 Å². The van der Waals surface area contributed by atoms with Crippen molar-refractivity contribution in [2.24, 2.45) is 0 Å². The Bertz CT molecular complexity index is 591. The van der Waals surface area contributed by atoms with Gasteiger partial charge in [-0.25, -0.2) is 4.79 Å². The van der Waals surface area contributed by atoms with Gasteiger partial charge in [0.05, 0.1) is 25.8 Å². The molecule has 0 fully saturated rings. The van der Waals surface area contributed by atoms with Crippen LogP contribution in [-0.2, 0) is 29.2 Å². The topological polar surface area (TPSA) is 60.7 Å². The van der Waals surface area contributed by atoms with Crippen molar-refractivity contribution >= 4 is 5.97 Å². The van der Waals surface area contributed by atoms with Gasteiger partial charge < -0.3 is 19.2 Å². The number of carbonyl (C=O) groups is 1. The number of furan rings is 1. The van der Waals surface area contributed by atoms with Gasteiger partial charge in [-0.2, -0.15) is 0 Å². The van der Waals surface area contributed by atoms with Gasteiger partial charge in [-0.15, -0.1) is 0 Å². The van der Waals surface area contributed by atoms with Crippen LogP contribution in [0.2, 0.25) is 0 Å². The van der Waals surface area contributed by atoms with Gasteiger partial charge >= 0.3 is 5.97 Å². The summed E-state index contributed by atoms with van der Waals surface area (Å²) in [5.74, 6) is 0.301. The molecule has 0 amide bonds. The normalized spacial score (nSPS) is 10.6. The maximum absolute atomic E-state index is 11.3. The van der Waals surface area contributed by atoms with E-state index in [1.165, 1.54) is 18.9 Å². The van der Waals surface area contributed by atoms with Gasteiger partial charge in [0.25, 0.3) is 0 Å². The van der Waals surface area contributed by atoms with E-state index in [0.717, 1.165) is 5.56 Å². The molecule has 5 nitrogen and oxygen atoms in total. The van der Waals surface area contributed by atoms with Crippen molar-refractivity contribution in [2.75, 3.05) is 14.2 Å². The molecular formula is C16H19NO4. The second-order valence-corrected chi connectivity index (χ2v) is 4.60. The molecule has 1 aromatic heterocycles. The van der Waals surface area contributed by atoms with E-state index in [0.29, 0.717) is 31.0 Å². The maximum Gasteiger partial charge on any atom is 0.341 e. The molecule has 0 aliphatic heterocycles. The van der Waals surface area contributed by atoms with Crippen molar-refractivity contribution in [1.29, 1.82) is 0 Å². The standard InChI is InChI=1S/C16H19NO4/c1-19-10-13-6-4-3-5-12(13)8-17-9-15-7-14(11-21-15)16(18)20-2/h3-7,11,17H,8-10H2,1-2H3. The molecule has 0 saturated carbocycles. The van der Waals surface area contributed by atoms with Crippen LogP contribution < -0.4 is 5.32 Å². The van der Waals surface area contributed by atoms with Crippen molar-refractivity contribution < 1.29 is 18.7 Å². The Balaban J connectivity index is 1.89. The molecule has 21 heavy (non-hydrogen) atoms. The lowest BCUT2D eigenvalue weighted by Gasteiger charge is -2.09. The predicted octanol–water partition coefficient (Wildman–Crippen LogP) is 2.50. The van der Waals surface area contributed by atoms with E-state index >= 15 is 0 Å². The van der Waals surface area contributed by atoms with E-state index in [1.54, 1.807) is 13.2 Å². The van der Waals surface area contributed by atoms with Gasteiger partial charge in [-0.1, -0.05) is 24.3 Å². The van der Waals surface area contributed by atoms with Crippen molar-refractivity contribution in [1.82, 2.24) is 5.32 Å². The minimum absolute atomic E-state index is 0.393. The van der Waals surface area contributed by atoms with Crippen LogP contribution in [0.5, 0.6) is 0 Å². The molecular weight excluding hydrogens is 270 g/mol. The first-order valence-corrected chi connectivity index (χ1v) is 6.66. The Hall–Kier alpha value is -2.11. The zero-order valence-corrected chi connectivity index (χ0v) is 12.2. The minimum Gasteiger partial charge on any atom is -0.467 e. The van der Waals surface area contributed by atoms with Crippen LogP contribution >= 0.6 is 0 Å². The number of hydrogen-bond acceptors (Lipinski definition) is 5. The summed E-state index contributed by atoms with van der Waals surface area (Å²) in [4.78, 5) is 11.3. The van der Waals surface area contributed by atoms with Crippen molar-refractivity contribution in [3.05, 3.63) is 59.0 Å². The monoisotopic (exact) mass is 289 g/mol. The van der Waals surface area contributed by atoms with E-state index in [1.807, 2.05) is 18.2 Å². The summed E-state index contributed by atoms with van der Waals surface area (Å²) in [6.07, 6.45) is 1.40. The molecule has 0 spiro atoms. The summed E-state index contributed by atoms with van der Waals surface area (Å²) in [5.41, 5.74) is 2.76. The van der Waals surface area contributed by atoms with Crippen molar-refractivity contribution in [3.63, 3.8) is 0 Å². The highest BCUT2D eigenvalue weighted by Gasteiger charge is 2.10. The third-order valence-electron chi connectivity index (χ3n) is 3.11. The Kier molecular flexibility index (Phi) is 5.54. The largest absolute Gasteiger partial charge is 0.467 e. The summed E-state index contributed by atoms with van der Waals surface area (Å²) in [7, 11) is 3.03. The van der Waals surface area contributed by atoms with Crippen LogP contribution in [0.15, 0.2) is 41.0 Å². The third-order valence-corrected chi connectivity index (χ3v) is 3.11. The second kappa shape index (κ2) is 7.61. The molecule has 1 heterocycles. The number of ether oxygens (including phenoxy) is 2. The summed E-state index contributed by atoms with van der Waals surface area (Å²) in [6.45, 7) is 1.83. The number of nitrogens with one attached hydrogen (secondary N) is 1. The lowest BCUT2D eigenvalue weighted by molar-refractivity contribution is 0.0600. The highest BCUT2D eigenvalue weighted by molar-refractivity contribution is 5.88. The summed E-state index contributed by atoms with van der Waals surface area (Å²) >= 11 is 0. The minimum atomic E-state index is -0.393. The van der Waals surface area contributed by atoms with E-state index in [4.69, 9.17) is 9.15 Å². The van der Waals surface area contributed by atoms with Gasteiger partial charge in [-0.05, 0) is 17.2 Å². The van der Waals surface area contributed by atoms with E-state index in [2.05, 4.69) is 16.1 Å². The Morgan fingerprint density at radius 2 is 1.95 bits per heavy atom. The molecule has 0 aliphatic carbocycles. The zero-order valence-electron chi connectivity index (χ0n) is 12.2. The van der Waals surface area contributed by atoms with Crippen LogP contribution in [0.25, 0.3) is 0 Å². The lowest BCUT2D eigenvalue weighted by atomic mass is 10.1. The molecule has 0 atom stereocenters. The molecule has 1 N–H and O–H groups in total. The summed E-state index contributed by atoms with van der Waals surface area (Å²) in [5, 5.41) is 3.29. The maximum atomic E-state index is 11.3. The van der Waals surface area contributed by atoms with Crippen LogP contribution in [0, 0.1) is 0 Å². The summed E-state index contributed by atoms with van der Waals surface area (Å²) < 4.78 is 15.1. The van der Waals surface area contributed by atoms with Crippen LogP contribution in [-0.4, -0.2) is 20.2 Å². The van der Waals surface area contributed by atoms with Gasteiger partial charge in [0.1, 0.15) is 12.0 Å². The number of hydrogen-bond donors (Lipinski definition) is 1. The van der Waals surface area contributed by atoms with E-state index < -0.39 is 5.97 Å². The first-order valence-electron chi connectivity index (χ1n) is 6.66. The Labute approximate surface area is 123 Å². The van der Waals surface area contributed by atoms with E-state index in [9.17, 15) is 4.79 Å². The molecule has 0 unspecified atom stereocenters. The molecule has 5 heteroatoms. The molecule has 0 aliphatic rings. The van der Waals surface area contributed by atoms with Gasteiger partial charge in [-0.3, -0.25) is 0 Å². The lowest BCUT2D eigenvalue weighted by Crippen LogP contribution is -2.13. The highest BCUT2D eigenvalue weighted by atomic mass is 16.5. The molecule has 1 aromatic carbocycles. The van der Waals surface area contributed by atoms with Gasteiger partial charge in [0.2, 0.25) is 0 Å². The highest BCUT2D eigenvalue weighted by Crippen LogP contribution is 2.11. The SMILES string of the molecule is COCc1ccccc1CNCc1cc(C(=O)OC)co1. The molecule has 2 rings (SSSR count). The first-order chi connectivity index (χ1) is 10.2. The summed E-state index contributed by atoms with van der Waals surface area (Å²) in [6, 6.07) is 9.78. The number of esters is 1. The molecule has 2 aromatic rings. The second-order valence-electron chi connectivity index (χ2n) is 4.60. The fraction of sp³-hybridized carbons (Fsp3) is 0.312. The quantitative estimate of drug-likeness (QED) is 0.794. The number of methoxy groups -OCH3 is 2. The first kappa shape index (κ1) is 15.3. The van der Waals surface area contributed by atoms with Crippen LogP contribution in [0.1, 0.15) is 27.2 Å². The predicted molar refractivity (Wildman–Crippen MR) is 77.7 cm³/mol. The average Bonchev–Trinajstić information content (AvgIpc) is 2.97. The Morgan fingerprint density at radius 3 is 2.67 bits per heavy atom.